The molecule has 0 aliphatic heterocycles. The first kappa shape index (κ1) is 11.0. The molecule has 0 heterocycles. The van der Waals surface area contributed by atoms with Crippen LogP contribution in [0.3, 0.4) is 0 Å². The molecule has 0 aliphatic carbocycles. The minimum atomic E-state index is -1.09. The van der Waals surface area contributed by atoms with Crippen LogP contribution < -0.4 is 9.47 Å². The quantitative estimate of drug-likeness (QED) is 0.733. The summed E-state index contributed by atoms with van der Waals surface area (Å²) in [6.07, 6.45) is 0.583. The summed E-state index contributed by atoms with van der Waals surface area (Å²) in [6.45, 7) is -0.479. The number of hydrogen-bond acceptors (Lipinski definition) is 4. The Morgan fingerprint density at radius 1 is 1.53 bits per heavy atom. The van der Waals surface area contributed by atoms with Crippen molar-refractivity contribution in [2.75, 3.05) is 13.7 Å². The Hall–Kier alpha value is -2.04. The van der Waals surface area contributed by atoms with Gasteiger partial charge in [0, 0.05) is 0 Å². The van der Waals surface area contributed by atoms with E-state index in [2.05, 4.69) is 0 Å². The Labute approximate surface area is 86.2 Å². The van der Waals surface area contributed by atoms with Gasteiger partial charge in [-0.05, 0) is 18.2 Å². The third kappa shape index (κ3) is 2.98. The van der Waals surface area contributed by atoms with Crippen molar-refractivity contribution in [1.29, 1.82) is 0 Å². The predicted molar refractivity (Wildman–Crippen MR) is 51.5 cm³/mol. The summed E-state index contributed by atoms with van der Waals surface area (Å²) in [5.41, 5.74) is 0.260. The van der Waals surface area contributed by atoms with Gasteiger partial charge >= 0.3 is 5.97 Å². The number of aliphatic carboxylic acids is 1. The van der Waals surface area contributed by atoms with Gasteiger partial charge in [0.25, 0.3) is 0 Å². The van der Waals surface area contributed by atoms with Crippen LogP contribution in [-0.4, -0.2) is 31.1 Å². The van der Waals surface area contributed by atoms with Gasteiger partial charge in [0.1, 0.15) is 11.5 Å². The zero-order valence-corrected chi connectivity index (χ0v) is 8.10. The van der Waals surface area contributed by atoms with Gasteiger partial charge in [-0.15, -0.1) is 0 Å². The number of carbonyl (C=O) groups excluding carboxylic acids is 1. The molecule has 5 heteroatoms. The van der Waals surface area contributed by atoms with Crippen molar-refractivity contribution in [2.45, 2.75) is 0 Å². The van der Waals surface area contributed by atoms with Gasteiger partial charge in [-0.1, -0.05) is 0 Å². The highest BCUT2D eigenvalue weighted by molar-refractivity contribution is 5.80. The lowest BCUT2D eigenvalue weighted by Gasteiger charge is -2.07. The fourth-order valence-electron chi connectivity index (χ4n) is 1.02. The minimum absolute atomic E-state index is 0.230. The van der Waals surface area contributed by atoms with Crippen LogP contribution in [-0.2, 0) is 4.79 Å². The maximum atomic E-state index is 10.7. The van der Waals surface area contributed by atoms with Crippen molar-refractivity contribution < 1.29 is 24.2 Å². The number of carboxylic acid groups (broad SMARTS) is 1. The van der Waals surface area contributed by atoms with Gasteiger partial charge in [0.2, 0.25) is 0 Å². The normalized spacial score (nSPS) is 9.40. The Morgan fingerprint density at radius 2 is 2.27 bits per heavy atom. The molecule has 0 saturated heterocycles. The second-order valence-electron chi connectivity index (χ2n) is 2.70. The Balaban J connectivity index is 2.87. The SMILES string of the molecule is COc1ccc(OCC(=O)O)c(C=O)c1. The molecule has 1 aromatic carbocycles. The van der Waals surface area contributed by atoms with Gasteiger partial charge in [-0.3, -0.25) is 4.79 Å². The number of rotatable bonds is 5. The van der Waals surface area contributed by atoms with Crippen LogP contribution in [0.2, 0.25) is 0 Å². The lowest BCUT2D eigenvalue weighted by atomic mass is 10.2. The first-order valence-corrected chi connectivity index (χ1v) is 4.15. The van der Waals surface area contributed by atoms with Crippen LogP contribution in [0.4, 0.5) is 0 Å². The Morgan fingerprint density at radius 3 is 2.80 bits per heavy atom. The highest BCUT2D eigenvalue weighted by Crippen LogP contribution is 2.22. The molecule has 0 unspecified atom stereocenters. The number of aldehydes is 1. The van der Waals surface area contributed by atoms with Gasteiger partial charge in [0.15, 0.2) is 12.9 Å². The number of ether oxygens (including phenoxy) is 2. The molecule has 0 spiro atoms. The first-order valence-electron chi connectivity index (χ1n) is 4.15. The van der Waals surface area contributed by atoms with Crippen molar-refractivity contribution in [3.8, 4) is 11.5 Å². The van der Waals surface area contributed by atoms with Crippen LogP contribution in [0, 0.1) is 0 Å². The molecular weight excluding hydrogens is 200 g/mol. The molecule has 0 bridgehead atoms. The number of hydrogen-bond donors (Lipinski definition) is 1. The van der Waals surface area contributed by atoms with E-state index in [9.17, 15) is 9.59 Å². The summed E-state index contributed by atoms with van der Waals surface area (Å²) in [4.78, 5) is 20.9. The van der Waals surface area contributed by atoms with E-state index in [1.54, 1.807) is 6.07 Å². The zero-order chi connectivity index (χ0) is 11.3. The van der Waals surface area contributed by atoms with Gasteiger partial charge in [0.05, 0.1) is 12.7 Å². The van der Waals surface area contributed by atoms with Crippen molar-refractivity contribution in [2.24, 2.45) is 0 Å². The largest absolute Gasteiger partial charge is 0.497 e. The summed E-state index contributed by atoms with van der Waals surface area (Å²) < 4.78 is 9.81. The van der Waals surface area contributed by atoms with E-state index in [1.807, 2.05) is 0 Å². The summed E-state index contributed by atoms with van der Waals surface area (Å²) in [5.74, 6) is -0.351. The van der Waals surface area contributed by atoms with Crippen molar-refractivity contribution in [1.82, 2.24) is 0 Å². The molecule has 0 aliphatic rings. The number of carboxylic acids is 1. The van der Waals surface area contributed by atoms with Crippen molar-refractivity contribution >= 4 is 12.3 Å². The van der Waals surface area contributed by atoms with Gasteiger partial charge in [-0.2, -0.15) is 0 Å². The van der Waals surface area contributed by atoms with E-state index >= 15 is 0 Å². The molecule has 0 fully saturated rings. The zero-order valence-electron chi connectivity index (χ0n) is 8.10. The summed E-state index contributed by atoms with van der Waals surface area (Å²) in [7, 11) is 1.47. The summed E-state index contributed by atoms with van der Waals surface area (Å²) in [6, 6.07) is 4.56. The second-order valence-corrected chi connectivity index (χ2v) is 2.70. The fraction of sp³-hybridized carbons (Fsp3) is 0.200. The topological polar surface area (TPSA) is 72.8 Å². The molecule has 15 heavy (non-hydrogen) atoms. The molecular formula is C10H10O5. The third-order valence-electron chi connectivity index (χ3n) is 1.70. The monoisotopic (exact) mass is 210 g/mol. The van der Waals surface area contributed by atoms with Crippen molar-refractivity contribution in [3.63, 3.8) is 0 Å². The minimum Gasteiger partial charge on any atom is -0.497 e. The average molecular weight is 210 g/mol. The Bertz CT molecular complexity index is 372. The van der Waals surface area contributed by atoms with E-state index in [-0.39, 0.29) is 11.3 Å². The van der Waals surface area contributed by atoms with E-state index in [1.165, 1.54) is 19.2 Å². The lowest BCUT2D eigenvalue weighted by molar-refractivity contribution is -0.139. The van der Waals surface area contributed by atoms with Gasteiger partial charge in [-0.25, -0.2) is 4.79 Å². The van der Waals surface area contributed by atoms with E-state index < -0.39 is 12.6 Å². The molecule has 0 saturated carbocycles. The van der Waals surface area contributed by atoms with E-state index in [4.69, 9.17) is 14.6 Å². The predicted octanol–water partition coefficient (Wildman–Crippen LogP) is 0.971. The molecule has 1 N–H and O–H groups in total. The number of benzene rings is 1. The van der Waals surface area contributed by atoms with Crippen molar-refractivity contribution in [3.05, 3.63) is 23.8 Å². The summed E-state index contributed by atoms with van der Waals surface area (Å²) >= 11 is 0. The molecule has 80 valence electrons. The smallest absolute Gasteiger partial charge is 0.341 e. The molecule has 0 atom stereocenters. The molecule has 0 radical (unpaired) electrons. The fourth-order valence-corrected chi connectivity index (χ4v) is 1.02. The maximum absolute atomic E-state index is 10.7. The molecule has 5 nitrogen and oxygen atoms in total. The molecule has 0 amide bonds. The highest BCUT2D eigenvalue weighted by atomic mass is 16.5. The van der Waals surface area contributed by atoms with Crippen LogP contribution in [0.25, 0.3) is 0 Å². The van der Waals surface area contributed by atoms with Crippen LogP contribution >= 0.6 is 0 Å². The summed E-state index contributed by atoms with van der Waals surface area (Å²) in [5, 5.41) is 8.40. The van der Waals surface area contributed by atoms with Gasteiger partial charge < -0.3 is 14.6 Å². The number of carbonyl (C=O) groups is 2. The maximum Gasteiger partial charge on any atom is 0.341 e. The van der Waals surface area contributed by atoms with Crippen LogP contribution in [0.15, 0.2) is 18.2 Å². The second kappa shape index (κ2) is 4.99. The lowest BCUT2D eigenvalue weighted by Crippen LogP contribution is -2.10. The molecule has 0 aromatic heterocycles. The molecule has 1 rings (SSSR count). The Kier molecular flexibility index (Phi) is 3.68. The van der Waals surface area contributed by atoms with Crippen LogP contribution in [0.1, 0.15) is 10.4 Å². The standard InChI is InChI=1S/C10H10O5/c1-14-8-2-3-9(7(4-8)5-11)15-6-10(12)13/h2-5H,6H2,1H3,(H,12,13). The van der Waals surface area contributed by atoms with E-state index in [0.717, 1.165) is 0 Å². The number of methoxy groups -OCH3 is 1. The third-order valence-corrected chi connectivity index (χ3v) is 1.70. The highest BCUT2D eigenvalue weighted by Gasteiger charge is 2.06. The molecule has 1 aromatic rings. The van der Waals surface area contributed by atoms with E-state index in [0.29, 0.717) is 12.0 Å². The average Bonchev–Trinajstić information content (AvgIpc) is 2.25. The van der Waals surface area contributed by atoms with Crippen LogP contribution in [0.5, 0.6) is 11.5 Å². The first-order chi connectivity index (χ1) is 7.17.